The van der Waals surface area contributed by atoms with Gasteiger partial charge in [0.2, 0.25) is 5.91 Å². The molecule has 2 fully saturated rings. The Labute approximate surface area is 148 Å². The van der Waals surface area contributed by atoms with E-state index in [2.05, 4.69) is 28.1 Å². The predicted octanol–water partition coefficient (Wildman–Crippen LogP) is 2.07. The maximum absolute atomic E-state index is 12.1. The zero-order valence-electron chi connectivity index (χ0n) is 14.3. The highest BCUT2D eigenvalue weighted by Gasteiger charge is 2.21. The number of hydrogen-bond acceptors (Lipinski definition) is 4. The van der Waals surface area contributed by atoms with E-state index in [4.69, 9.17) is 16.3 Å². The summed E-state index contributed by atoms with van der Waals surface area (Å²) in [6.07, 6.45) is 2.36. The van der Waals surface area contributed by atoms with Crippen molar-refractivity contribution in [3.63, 3.8) is 0 Å². The van der Waals surface area contributed by atoms with Gasteiger partial charge in [0.1, 0.15) is 0 Å². The lowest BCUT2D eigenvalue weighted by Crippen LogP contribution is -2.50. The molecule has 1 amide bonds. The number of anilines is 1. The minimum absolute atomic E-state index is 0.0953. The van der Waals surface area contributed by atoms with Gasteiger partial charge in [0.05, 0.1) is 12.6 Å². The number of benzene rings is 1. The minimum atomic E-state index is 0.0953. The summed E-state index contributed by atoms with van der Waals surface area (Å²) in [7, 11) is 0. The number of nitrogens with zero attached hydrogens (tertiary/aromatic N) is 2. The molecule has 0 aliphatic carbocycles. The second-order valence-electron chi connectivity index (χ2n) is 6.63. The second-order valence-corrected chi connectivity index (χ2v) is 7.07. The standard InChI is InChI=1S/C18H26ClN3O2/c1-14-4-5-15(19)11-17(14)22-8-6-21(7-9-22)13-18(23)20-12-16-3-2-10-24-16/h4-5,11,16H,2-3,6-10,12-13H2,1H3,(H,20,23)/t16-/m1/s1. The average Bonchev–Trinajstić information content (AvgIpc) is 3.10. The number of halogens is 1. The first-order valence-electron chi connectivity index (χ1n) is 8.73. The van der Waals surface area contributed by atoms with Crippen LogP contribution in [-0.4, -0.2) is 62.8 Å². The summed E-state index contributed by atoms with van der Waals surface area (Å²) >= 11 is 6.12. The number of carbonyl (C=O) groups excluding carboxylic acids is 1. The van der Waals surface area contributed by atoms with E-state index in [0.717, 1.165) is 50.7 Å². The molecule has 0 radical (unpaired) electrons. The number of piperazine rings is 1. The molecule has 0 spiro atoms. The van der Waals surface area contributed by atoms with E-state index in [1.807, 2.05) is 12.1 Å². The molecule has 24 heavy (non-hydrogen) atoms. The number of nitrogens with one attached hydrogen (secondary N) is 1. The molecular weight excluding hydrogens is 326 g/mol. The van der Waals surface area contributed by atoms with Crippen LogP contribution in [0.2, 0.25) is 5.02 Å². The van der Waals surface area contributed by atoms with E-state index in [9.17, 15) is 4.79 Å². The quantitative estimate of drug-likeness (QED) is 0.882. The van der Waals surface area contributed by atoms with Crippen molar-refractivity contribution in [3.05, 3.63) is 28.8 Å². The van der Waals surface area contributed by atoms with Gasteiger partial charge in [-0.05, 0) is 37.5 Å². The topological polar surface area (TPSA) is 44.8 Å². The van der Waals surface area contributed by atoms with Gasteiger partial charge in [-0.2, -0.15) is 0 Å². The Balaban J connectivity index is 1.43. The number of hydrogen-bond donors (Lipinski definition) is 1. The Bertz CT molecular complexity index is 567. The predicted molar refractivity (Wildman–Crippen MR) is 96.8 cm³/mol. The van der Waals surface area contributed by atoms with Gasteiger partial charge in [0.15, 0.2) is 0 Å². The van der Waals surface area contributed by atoms with Crippen LogP contribution in [0.4, 0.5) is 5.69 Å². The molecule has 3 rings (SSSR count). The van der Waals surface area contributed by atoms with Crippen molar-refractivity contribution in [3.8, 4) is 0 Å². The van der Waals surface area contributed by atoms with Crippen molar-refractivity contribution in [1.29, 1.82) is 0 Å². The number of ether oxygens (including phenoxy) is 1. The summed E-state index contributed by atoms with van der Waals surface area (Å²) in [5, 5.41) is 3.76. The van der Waals surface area contributed by atoms with E-state index in [-0.39, 0.29) is 12.0 Å². The largest absolute Gasteiger partial charge is 0.376 e. The monoisotopic (exact) mass is 351 g/mol. The maximum Gasteiger partial charge on any atom is 0.234 e. The molecule has 1 N–H and O–H groups in total. The Hall–Kier alpha value is -1.30. The molecule has 0 unspecified atom stereocenters. The fourth-order valence-electron chi connectivity index (χ4n) is 3.36. The molecule has 0 aromatic heterocycles. The summed E-state index contributed by atoms with van der Waals surface area (Å²) in [4.78, 5) is 16.6. The van der Waals surface area contributed by atoms with Crippen LogP contribution in [0.5, 0.6) is 0 Å². The van der Waals surface area contributed by atoms with Crippen LogP contribution in [0.1, 0.15) is 18.4 Å². The highest BCUT2D eigenvalue weighted by Crippen LogP contribution is 2.25. The van der Waals surface area contributed by atoms with Gasteiger partial charge in [0, 0.05) is 50.0 Å². The highest BCUT2D eigenvalue weighted by molar-refractivity contribution is 6.30. The van der Waals surface area contributed by atoms with Crippen LogP contribution in [0, 0.1) is 6.92 Å². The van der Waals surface area contributed by atoms with Crippen molar-refractivity contribution in [2.45, 2.75) is 25.9 Å². The first-order valence-corrected chi connectivity index (χ1v) is 9.11. The molecule has 0 saturated carbocycles. The summed E-state index contributed by atoms with van der Waals surface area (Å²) in [6.45, 7) is 7.65. The van der Waals surface area contributed by atoms with E-state index >= 15 is 0 Å². The zero-order valence-corrected chi connectivity index (χ0v) is 15.0. The molecule has 132 valence electrons. The van der Waals surface area contributed by atoms with Crippen molar-refractivity contribution < 1.29 is 9.53 Å². The lowest BCUT2D eigenvalue weighted by atomic mass is 10.1. The SMILES string of the molecule is Cc1ccc(Cl)cc1N1CCN(CC(=O)NC[C@H]2CCCO2)CC1. The Morgan fingerprint density at radius 1 is 1.33 bits per heavy atom. The van der Waals surface area contributed by atoms with Gasteiger partial charge in [-0.25, -0.2) is 0 Å². The maximum atomic E-state index is 12.1. The summed E-state index contributed by atoms with van der Waals surface area (Å²) in [5.41, 5.74) is 2.44. The summed E-state index contributed by atoms with van der Waals surface area (Å²) < 4.78 is 5.53. The third kappa shape index (κ3) is 4.62. The number of aryl methyl sites for hydroxylation is 1. The van der Waals surface area contributed by atoms with Gasteiger partial charge in [-0.3, -0.25) is 9.69 Å². The fourth-order valence-corrected chi connectivity index (χ4v) is 3.53. The minimum Gasteiger partial charge on any atom is -0.376 e. The van der Waals surface area contributed by atoms with E-state index in [0.29, 0.717) is 13.1 Å². The van der Waals surface area contributed by atoms with E-state index in [1.54, 1.807) is 0 Å². The van der Waals surface area contributed by atoms with Gasteiger partial charge in [-0.15, -0.1) is 0 Å². The highest BCUT2D eigenvalue weighted by atomic mass is 35.5. The fraction of sp³-hybridized carbons (Fsp3) is 0.611. The molecule has 1 aromatic rings. The number of carbonyl (C=O) groups is 1. The lowest BCUT2D eigenvalue weighted by molar-refractivity contribution is -0.122. The first-order chi connectivity index (χ1) is 11.6. The molecule has 6 heteroatoms. The molecular formula is C18H26ClN3O2. The Morgan fingerprint density at radius 3 is 2.83 bits per heavy atom. The van der Waals surface area contributed by atoms with Crippen molar-refractivity contribution in [2.75, 3.05) is 50.8 Å². The average molecular weight is 352 g/mol. The smallest absolute Gasteiger partial charge is 0.234 e. The van der Waals surface area contributed by atoms with Crippen LogP contribution in [0.25, 0.3) is 0 Å². The van der Waals surface area contributed by atoms with Gasteiger partial charge < -0.3 is 15.0 Å². The van der Waals surface area contributed by atoms with Crippen LogP contribution < -0.4 is 10.2 Å². The van der Waals surface area contributed by atoms with Gasteiger partial charge >= 0.3 is 0 Å². The van der Waals surface area contributed by atoms with Crippen molar-refractivity contribution in [1.82, 2.24) is 10.2 Å². The molecule has 1 atom stereocenters. The normalized spacial score (nSPS) is 21.9. The van der Waals surface area contributed by atoms with Crippen molar-refractivity contribution in [2.24, 2.45) is 0 Å². The van der Waals surface area contributed by atoms with E-state index in [1.165, 1.54) is 11.3 Å². The molecule has 0 bridgehead atoms. The molecule has 2 heterocycles. The number of rotatable bonds is 5. The lowest BCUT2D eigenvalue weighted by Gasteiger charge is -2.36. The van der Waals surface area contributed by atoms with Gasteiger partial charge in [-0.1, -0.05) is 17.7 Å². The van der Waals surface area contributed by atoms with Crippen molar-refractivity contribution >= 4 is 23.2 Å². The van der Waals surface area contributed by atoms with E-state index < -0.39 is 0 Å². The third-order valence-corrected chi connectivity index (χ3v) is 5.04. The summed E-state index contributed by atoms with van der Waals surface area (Å²) in [6, 6.07) is 6.01. The Kier molecular flexibility index (Phi) is 5.98. The first kappa shape index (κ1) is 17.5. The van der Waals surface area contributed by atoms with Gasteiger partial charge in [0.25, 0.3) is 0 Å². The van der Waals surface area contributed by atoms with Crippen LogP contribution in [0.15, 0.2) is 18.2 Å². The third-order valence-electron chi connectivity index (χ3n) is 4.80. The zero-order chi connectivity index (χ0) is 16.9. The molecule has 5 nitrogen and oxygen atoms in total. The molecule has 1 aromatic carbocycles. The van der Waals surface area contributed by atoms with Crippen LogP contribution >= 0.6 is 11.6 Å². The second kappa shape index (κ2) is 8.19. The van der Waals surface area contributed by atoms with Crippen LogP contribution in [0.3, 0.4) is 0 Å². The molecule has 2 aliphatic heterocycles. The molecule has 2 saturated heterocycles. The number of amides is 1. The molecule has 2 aliphatic rings. The Morgan fingerprint density at radius 2 is 2.12 bits per heavy atom. The summed E-state index contributed by atoms with van der Waals surface area (Å²) in [5.74, 6) is 0.0953. The van der Waals surface area contributed by atoms with Crippen LogP contribution in [-0.2, 0) is 9.53 Å².